The molecule has 29 heavy (non-hydrogen) atoms. The molecule has 4 nitrogen and oxygen atoms in total. The normalized spacial score (nSPS) is 11.9. The van der Waals surface area contributed by atoms with Crippen LogP contribution in [0.2, 0.25) is 0 Å². The smallest absolute Gasteiger partial charge is 0.405 e. The number of hydrogen-bond donors (Lipinski definition) is 1. The number of nitrogens with zero attached hydrogens (tertiary/aromatic N) is 1. The molecule has 0 spiro atoms. The van der Waals surface area contributed by atoms with Crippen LogP contribution in [0.3, 0.4) is 0 Å². The molecule has 2 aromatic carbocycles. The summed E-state index contributed by atoms with van der Waals surface area (Å²) >= 11 is 0. The third-order valence-electron chi connectivity index (χ3n) is 3.71. The summed E-state index contributed by atoms with van der Waals surface area (Å²) in [4.78, 5) is 4.04. The van der Waals surface area contributed by atoms with Gasteiger partial charge in [0.25, 0.3) is 0 Å². The molecule has 0 bridgehead atoms. The van der Waals surface area contributed by atoms with Gasteiger partial charge in [0.1, 0.15) is 11.5 Å². The van der Waals surface area contributed by atoms with Crippen LogP contribution in [0.25, 0.3) is 22.4 Å². The Hall–Kier alpha value is -3.43. The average Bonchev–Trinajstić information content (AvgIpc) is 2.60. The molecular formula is C19H12F6N2O2. The van der Waals surface area contributed by atoms with Gasteiger partial charge in [0.05, 0.1) is 11.4 Å². The number of nitrogens with two attached hydrogens (primary N) is 1. The maximum Gasteiger partial charge on any atom is 0.573 e. The summed E-state index contributed by atoms with van der Waals surface area (Å²) in [6, 6.07) is 11.9. The summed E-state index contributed by atoms with van der Waals surface area (Å²) in [7, 11) is 0. The lowest BCUT2D eigenvalue weighted by Gasteiger charge is -2.16. The van der Waals surface area contributed by atoms with E-state index in [2.05, 4.69) is 14.5 Å². The van der Waals surface area contributed by atoms with E-state index in [1.165, 1.54) is 48.7 Å². The lowest BCUT2D eigenvalue weighted by molar-refractivity contribution is -0.275. The highest BCUT2D eigenvalue weighted by atomic mass is 19.4. The largest absolute Gasteiger partial charge is 0.573 e. The van der Waals surface area contributed by atoms with Gasteiger partial charge in [-0.15, -0.1) is 26.3 Å². The third kappa shape index (κ3) is 5.09. The van der Waals surface area contributed by atoms with Gasteiger partial charge in [0.2, 0.25) is 0 Å². The number of benzene rings is 2. The molecule has 0 aliphatic heterocycles. The lowest BCUT2D eigenvalue weighted by Crippen LogP contribution is -2.18. The van der Waals surface area contributed by atoms with Crippen LogP contribution >= 0.6 is 0 Å². The second-order valence-electron chi connectivity index (χ2n) is 5.75. The summed E-state index contributed by atoms with van der Waals surface area (Å²) < 4.78 is 83.7. The number of para-hydroxylation sites is 2. The molecule has 10 heteroatoms. The monoisotopic (exact) mass is 414 g/mol. The standard InChI is InChI=1S/C19H12F6N2O2/c20-18(21,22)28-15-7-3-1-5-12(15)11-9-14(26)17(27-10-11)13-6-2-4-8-16(13)29-19(23,24)25/h1-10H,26H2. The van der Waals surface area contributed by atoms with Crippen molar-refractivity contribution in [3.8, 4) is 33.9 Å². The minimum absolute atomic E-state index is 0.0113. The molecular weight excluding hydrogens is 402 g/mol. The van der Waals surface area contributed by atoms with E-state index in [-0.39, 0.29) is 28.1 Å². The number of anilines is 1. The summed E-state index contributed by atoms with van der Waals surface area (Å²) in [5, 5.41) is 0. The Morgan fingerprint density at radius 2 is 1.21 bits per heavy atom. The molecule has 0 unspecified atom stereocenters. The van der Waals surface area contributed by atoms with Crippen molar-refractivity contribution in [2.75, 3.05) is 5.73 Å². The van der Waals surface area contributed by atoms with Crippen molar-refractivity contribution >= 4 is 5.69 Å². The van der Waals surface area contributed by atoms with Crippen LogP contribution in [-0.2, 0) is 0 Å². The molecule has 1 heterocycles. The van der Waals surface area contributed by atoms with Crippen molar-refractivity contribution in [2.24, 2.45) is 0 Å². The SMILES string of the molecule is Nc1cc(-c2ccccc2OC(F)(F)F)cnc1-c1ccccc1OC(F)(F)F. The van der Waals surface area contributed by atoms with Crippen molar-refractivity contribution < 1.29 is 35.8 Å². The number of aromatic nitrogens is 1. The molecule has 0 aliphatic carbocycles. The van der Waals surface area contributed by atoms with Gasteiger partial charge in [-0.1, -0.05) is 30.3 Å². The molecule has 2 N–H and O–H groups in total. The van der Waals surface area contributed by atoms with E-state index in [0.29, 0.717) is 0 Å². The second-order valence-corrected chi connectivity index (χ2v) is 5.75. The highest BCUT2D eigenvalue weighted by molar-refractivity contribution is 5.81. The van der Waals surface area contributed by atoms with Crippen LogP contribution in [0.5, 0.6) is 11.5 Å². The number of rotatable bonds is 4. The third-order valence-corrected chi connectivity index (χ3v) is 3.71. The molecule has 3 aromatic rings. The number of halogens is 6. The minimum Gasteiger partial charge on any atom is -0.405 e. The van der Waals surface area contributed by atoms with E-state index in [0.717, 1.165) is 12.1 Å². The molecule has 0 radical (unpaired) electrons. The predicted octanol–water partition coefficient (Wildman–Crippen LogP) is 5.80. The van der Waals surface area contributed by atoms with Gasteiger partial charge >= 0.3 is 12.7 Å². The molecule has 0 atom stereocenters. The predicted molar refractivity (Wildman–Crippen MR) is 92.9 cm³/mol. The Kier molecular flexibility index (Phi) is 5.27. The Morgan fingerprint density at radius 1 is 0.724 bits per heavy atom. The zero-order valence-corrected chi connectivity index (χ0v) is 14.4. The highest BCUT2D eigenvalue weighted by Gasteiger charge is 2.33. The fourth-order valence-electron chi connectivity index (χ4n) is 2.65. The van der Waals surface area contributed by atoms with Crippen LogP contribution in [0.1, 0.15) is 0 Å². The van der Waals surface area contributed by atoms with Crippen molar-refractivity contribution in [1.29, 1.82) is 0 Å². The molecule has 0 saturated heterocycles. The fourth-order valence-corrected chi connectivity index (χ4v) is 2.65. The van der Waals surface area contributed by atoms with Crippen LogP contribution in [-0.4, -0.2) is 17.7 Å². The van der Waals surface area contributed by atoms with Crippen molar-refractivity contribution in [2.45, 2.75) is 12.7 Å². The number of ether oxygens (including phenoxy) is 2. The Balaban J connectivity index is 2.02. The average molecular weight is 414 g/mol. The molecule has 0 amide bonds. The molecule has 0 saturated carbocycles. The first-order valence-corrected chi connectivity index (χ1v) is 7.99. The first-order valence-electron chi connectivity index (χ1n) is 7.99. The summed E-state index contributed by atoms with van der Waals surface area (Å²) in [5.74, 6) is -0.970. The van der Waals surface area contributed by atoms with Crippen LogP contribution in [0, 0.1) is 0 Å². The van der Waals surface area contributed by atoms with Gasteiger partial charge in [-0.25, -0.2) is 0 Å². The van der Waals surface area contributed by atoms with Crippen LogP contribution in [0.15, 0.2) is 60.8 Å². The topological polar surface area (TPSA) is 57.4 Å². The second kappa shape index (κ2) is 7.53. The number of hydrogen-bond acceptors (Lipinski definition) is 4. The fraction of sp³-hybridized carbons (Fsp3) is 0.105. The summed E-state index contributed by atoms with van der Waals surface area (Å²) in [5.41, 5.74) is 6.11. The number of alkyl halides is 6. The maximum atomic E-state index is 12.6. The van der Waals surface area contributed by atoms with E-state index < -0.39 is 24.2 Å². The Morgan fingerprint density at radius 3 is 1.72 bits per heavy atom. The minimum atomic E-state index is -4.92. The zero-order valence-electron chi connectivity index (χ0n) is 14.4. The van der Waals surface area contributed by atoms with E-state index in [9.17, 15) is 26.3 Å². The van der Waals surface area contributed by atoms with Gasteiger partial charge in [-0.3, -0.25) is 4.98 Å². The summed E-state index contributed by atoms with van der Waals surface area (Å²) in [6.45, 7) is 0. The van der Waals surface area contributed by atoms with E-state index in [1.807, 2.05) is 0 Å². The first-order chi connectivity index (χ1) is 13.5. The van der Waals surface area contributed by atoms with Gasteiger partial charge in [-0.05, 0) is 24.3 Å². The molecule has 0 aliphatic rings. The van der Waals surface area contributed by atoms with Gasteiger partial charge in [-0.2, -0.15) is 0 Å². The van der Waals surface area contributed by atoms with Gasteiger partial charge in [0, 0.05) is 22.9 Å². The highest BCUT2D eigenvalue weighted by Crippen LogP contribution is 2.38. The number of nitrogen functional groups attached to an aromatic ring is 1. The maximum absolute atomic E-state index is 12.6. The summed E-state index contributed by atoms with van der Waals surface area (Å²) in [6.07, 6.45) is -8.63. The van der Waals surface area contributed by atoms with E-state index >= 15 is 0 Å². The van der Waals surface area contributed by atoms with Crippen LogP contribution < -0.4 is 15.2 Å². The van der Waals surface area contributed by atoms with Gasteiger partial charge in [0.15, 0.2) is 0 Å². The Labute approximate surface area is 160 Å². The van der Waals surface area contributed by atoms with Crippen LogP contribution in [0.4, 0.5) is 32.0 Å². The lowest BCUT2D eigenvalue weighted by atomic mass is 10.0. The van der Waals surface area contributed by atoms with Crippen molar-refractivity contribution in [1.82, 2.24) is 4.98 Å². The molecule has 3 rings (SSSR count). The quantitative estimate of drug-likeness (QED) is 0.549. The first kappa shape index (κ1) is 20.3. The number of pyridine rings is 1. The molecule has 1 aromatic heterocycles. The van der Waals surface area contributed by atoms with E-state index in [4.69, 9.17) is 5.73 Å². The van der Waals surface area contributed by atoms with E-state index in [1.54, 1.807) is 0 Å². The zero-order chi connectivity index (χ0) is 21.2. The van der Waals surface area contributed by atoms with Crippen molar-refractivity contribution in [3.63, 3.8) is 0 Å². The van der Waals surface area contributed by atoms with Gasteiger partial charge < -0.3 is 15.2 Å². The molecule has 0 fully saturated rings. The Bertz CT molecular complexity index is 1020. The molecule has 152 valence electrons. The van der Waals surface area contributed by atoms with Crippen molar-refractivity contribution in [3.05, 3.63) is 60.8 Å².